The van der Waals surface area contributed by atoms with Crippen LogP contribution in [0, 0.1) is 11.7 Å². The van der Waals surface area contributed by atoms with Gasteiger partial charge in [0, 0.05) is 5.56 Å². The maximum absolute atomic E-state index is 13.2. The van der Waals surface area contributed by atoms with Gasteiger partial charge in [0.1, 0.15) is 16.8 Å². The zero-order valence-electron chi connectivity index (χ0n) is 13.5. The molecule has 1 aliphatic heterocycles. The molecule has 0 aliphatic carbocycles. The fourth-order valence-electron chi connectivity index (χ4n) is 3.23. The molecule has 9 heteroatoms. The molecule has 27 heavy (non-hydrogen) atoms. The van der Waals surface area contributed by atoms with Gasteiger partial charge in [0.25, 0.3) is 0 Å². The summed E-state index contributed by atoms with van der Waals surface area (Å²) in [5.41, 5.74) is 0.205. The number of carboxylic acid groups (broad SMARTS) is 1. The highest BCUT2D eigenvalue weighted by molar-refractivity contribution is 8.00. The van der Waals surface area contributed by atoms with Crippen LogP contribution in [-0.2, 0) is 4.79 Å². The molecule has 0 saturated heterocycles. The number of aliphatic carboxylic acids is 1. The van der Waals surface area contributed by atoms with Crippen LogP contribution in [0.5, 0.6) is 0 Å². The van der Waals surface area contributed by atoms with Gasteiger partial charge in [0.05, 0.1) is 28.0 Å². The first-order valence-electron chi connectivity index (χ1n) is 7.91. The van der Waals surface area contributed by atoms with Crippen LogP contribution < -0.4 is 4.87 Å². The minimum atomic E-state index is -1.17. The number of nitrogens with one attached hydrogen (secondary N) is 1. The Bertz CT molecular complexity index is 1050. The Morgan fingerprint density at radius 3 is 2.56 bits per heavy atom. The number of halogens is 1. The summed E-state index contributed by atoms with van der Waals surface area (Å²) in [4.78, 5) is 39.9. The first-order valence-corrected chi connectivity index (χ1v) is 9.61. The van der Waals surface area contributed by atoms with E-state index in [1.54, 1.807) is 12.1 Å². The summed E-state index contributed by atoms with van der Waals surface area (Å²) in [6.45, 7) is 0. The number of thioether (sulfide) groups is 1. The second kappa shape index (κ2) is 6.82. The lowest BCUT2D eigenvalue weighted by atomic mass is 9.80. The highest BCUT2D eigenvalue weighted by Crippen LogP contribution is 2.50. The van der Waals surface area contributed by atoms with Gasteiger partial charge < -0.3 is 14.5 Å². The fourth-order valence-corrected chi connectivity index (χ4v) is 5.63. The standard InChI is InChI=1S/C18H12FNO5S2/c19-9-5-3-8(4-6-9)13(21)12-11(10-2-1-7-25-10)14-16(20-18(24)27-14)26-15(12)17(22)23/h1-7,11-12,15H,(H,20,24)(H,22,23)/t11-,12+,15+/m1/s1. The number of benzene rings is 1. The molecule has 0 amide bonds. The van der Waals surface area contributed by atoms with Crippen molar-refractivity contribution in [3.05, 3.63) is 74.3 Å². The summed E-state index contributed by atoms with van der Waals surface area (Å²) in [6, 6.07) is 8.26. The number of carbonyl (C=O) groups is 2. The van der Waals surface area contributed by atoms with Crippen LogP contribution in [0.4, 0.5) is 4.39 Å². The molecule has 3 atom stereocenters. The van der Waals surface area contributed by atoms with E-state index < -0.39 is 34.7 Å². The van der Waals surface area contributed by atoms with Crippen molar-refractivity contribution in [2.45, 2.75) is 16.2 Å². The predicted octanol–water partition coefficient (Wildman–Crippen LogP) is 3.36. The third-order valence-electron chi connectivity index (χ3n) is 4.38. The molecule has 3 aromatic rings. The van der Waals surface area contributed by atoms with Gasteiger partial charge in [-0.25, -0.2) is 4.39 Å². The summed E-state index contributed by atoms with van der Waals surface area (Å²) in [6.07, 6.45) is 1.43. The van der Waals surface area contributed by atoms with Gasteiger partial charge in [-0.05, 0) is 36.4 Å². The van der Waals surface area contributed by atoms with Crippen molar-refractivity contribution in [1.29, 1.82) is 0 Å². The second-order valence-electron chi connectivity index (χ2n) is 5.97. The quantitative estimate of drug-likeness (QED) is 0.646. The van der Waals surface area contributed by atoms with Crippen LogP contribution in [0.1, 0.15) is 26.9 Å². The van der Waals surface area contributed by atoms with E-state index in [4.69, 9.17) is 4.42 Å². The van der Waals surface area contributed by atoms with Gasteiger partial charge in [-0.3, -0.25) is 14.4 Å². The maximum Gasteiger partial charge on any atom is 0.317 e. The lowest BCUT2D eigenvalue weighted by Gasteiger charge is -2.33. The van der Waals surface area contributed by atoms with Crippen LogP contribution >= 0.6 is 23.1 Å². The Hall–Kier alpha value is -2.65. The lowest BCUT2D eigenvalue weighted by Crippen LogP contribution is -2.39. The summed E-state index contributed by atoms with van der Waals surface area (Å²) in [5.74, 6) is -3.44. The van der Waals surface area contributed by atoms with E-state index in [9.17, 15) is 23.9 Å². The molecule has 0 unspecified atom stereocenters. The zero-order chi connectivity index (χ0) is 19.1. The summed E-state index contributed by atoms with van der Waals surface area (Å²) < 4.78 is 18.7. The third-order valence-corrected chi connectivity index (χ3v) is 6.78. The highest BCUT2D eigenvalue weighted by Gasteiger charge is 2.48. The van der Waals surface area contributed by atoms with Crippen molar-refractivity contribution in [3.8, 4) is 0 Å². The number of fused-ring (bicyclic) bond motifs is 1. The van der Waals surface area contributed by atoms with Crippen LogP contribution in [-0.4, -0.2) is 27.1 Å². The Balaban J connectivity index is 1.88. The molecule has 2 aromatic heterocycles. The van der Waals surface area contributed by atoms with Crippen LogP contribution in [0.25, 0.3) is 0 Å². The monoisotopic (exact) mass is 405 g/mol. The van der Waals surface area contributed by atoms with Crippen LogP contribution in [0.2, 0.25) is 0 Å². The number of furan rings is 1. The van der Waals surface area contributed by atoms with E-state index in [0.29, 0.717) is 15.7 Å². The molecule has 0 bridgehead atoms. The minimum absolute atomic E-state index is 0.205. The number of aromatic nitrogens is 1. The molecule has 138 valence electrons. The molecule has 0 radical (unpaired) electrons. The molecule has 6 nitrogen and oxygen atoms in total. The number of rotatable bonds is 4. The molecule has 2 N–H and O–H groups in total. The van der Waals surface area contributed by atoms with Crippen molar-refractivity contribution in [2.24, 2.45) is 5.92 Å². The SMILES string of the molecule is O=C(c1ccc(F)cc1)[C@@H]1[C@@H](c2ccco2)c2sc(=O)[nH]c2S[C@@H]1C(=O)O. The summed E-state index contributed by atoms with van der Waals surface area (Å²) in [5, 5.41) is 9.05. The predicted molar refractivity (Wildman–Crippen MR) is 97.0 cm³/mol. The van der Waals surface area contributed by atoms with Gasteiger partial charge in [0.2, 0.25) is 0 Å². The van der Waals surface area contributed by atoms with Crippen molar-refractivity contribution >= 4 is 34.9 Å². The number of hydrogen-bond donors (Lipinski definition) is 2. The largest absolute Gasteiger partial charge is 0.480 e. The Kier molecular flexibility index (Phi) is 4.48. The number of aromatic amines is 1. The molecule has 0 fully saturated rings. The van der Waals surface area contributed by atoms with E-state index in [2.05, 4.69) is 4.98 Å². The number of ketones is 1. The van der Waals surface area contributed by atoms with Gasteiger partial charge in [-0.2, -0.15) is 0 Å². The van der Waals surface area contributed by atoms with E-state index in [1.165, 1.54) is 18.4 Å². The number of H-pyrrole nitrogens is 1. The average molecular weight is 405 g/mol. The van der Waals surface area contributed by atoms with Crippen LogP contribution in [0.15, 0.2) is 56.9 Å². The van der Waals surface area contributed by atoms with Crippen molar-refractivity contribution in [2.75, 3.05) is 0 Å². The topological polar surface area (TPSA) is 100 Å². The van der Waals surface area contributed by atoms with Gasteiger partial charge in [-0.1, -0.05) is 23.1 Å². The van der Waals surface area contributed by atoms with E-state index >= 15 is 0 Å². The Morgan fingerprint density at radius 1 is 1.19 bits per heavy atom. The smallest absolute Gasteiger partial charge is 0.317 e. The molecular weight excluding hydrogens is 393 g/mol. The fraction of sp³-hybridized carbons (Fsp3) is 0.167. The average Bonchev–Trinajstić information content (AvgIpc) is 3.28. The maximum atomic E-state index is 13.2. The first-order chi connectivity index (χ1) is 13.0. The highest BCUT2D eigenvalue weighted by atomic mass is 32.2. The molecule has 0 spiro atoms. The molecule has 0 saturated carbocycles. The van der Waals surface area contributed by atoms with Gasteiger partial charge in [-0.15, -0.1) is 0 Å². The van der Waals surface area contributed by atoms with Crippen molar-refractivity contribution < 1.29 is 23.5 Å². The number of thiazole rings is 1. The molecule has 1 aromatic carbocycles. The molecule has 3 heterocycles. The lowest BCUT2D eigenvalue weighted by molar-refractivity contribution is -0.137. The normalized spacial score (nSPS) is 21.6. The van der Waals surface area contributed by atoms with E-state index in [-0.39, 0.29) is 10.4 Å². The number of carboxylic acids is 1. The number of carbonyl (C=O) groups excluding carboxylic acids is 1. The summed E-state index contributed by atoms with van der Waals surface area (Å²) in [7, 11) is 0. The van der Waals surface area contributed by atoms with E-state index in [0.717, 1.165) is 35.2 Å². The van der Waals surface area contributed by atoms with E-state index in [1.807, 2.05) is 0 Å². The minimum Gasteiger partial charge on any atom is -0.480 e. The number of Topliss-reactive ketones (excluding diaryl/α,β-unsaturated/α-hetero) is 1. The zero-order valence-corrected chi connectivity index (χ0v) is 15.2. The van der Waals surface area contributed by atoms with Crippen molar-refractivity contribution in [3.63, 3.8) is 0 Å². The summed E-state index contributed by atoms with van der Waals surface area (Å²) >= 11 is 1.87. The number of hydrogen-bond acceptors (Lipinski definition) is 6. The third kappa shape index (κ3) is 3.13. The first kappa shape index (κ1) is 17.7. The van der Waals surface area contributed by atoms with Crippen LogP contribution in [0.3, 0.4) is 0 Å². The molecular formula is C18H12FNO5S2. The molecule has 1 aliphatic rings. The van der Waals surface area contributed by atoms with Gasteiger partial charge >= 0.3 is 10.8 Å². The second-order valence-corrected chi connectivity index (χ2v) is 8.14. The Labute approximate surface area is 160 Å². The van der Waals surface area contributed by atoms with Gasteiger partial charge in [0.15, 0.2) is 5.78 Å². The Morgan fingerprint density at radius 2 is 1.93 bits per heavy atom. The molecule has 4 rings (SSSR count). The van der Waals surface area contributed by atoms with Crippen molar-refractivity contribution in [1.82, 2.24) is 4.98 Å².